The number of carbonyl (C=O) groups is 1. The van der Waals surface area contributed by atoms with Crippen LogP contribution in [0.15, 0.2) is 46.0 Å². The number of tetrazole rings is 1. The maximum absolute atomic E-state index is 12.3. The van der Waals surface area contributed by atoms with Crippen LogP contribution in [0, 0.1) is 24.0 Å². The Hall–Kier alpha value is -2.79. The normalized spacial score (nSPS) is 10.7. The summed E-state index contributed by atoms with van der Waals surface area (Å²) in [6.07, 6.45) is 0. The molecule has 1 heterocycles. The number of para-hydroxylation sites is 1. The zero-order valence-corrected chi connectivity index (χ0v) is 17.3. The van der Waals surface area contributed by atoms with Crippen LogP contribution in [-0.2, 0) is 4.79 Å². The zero-order chi connectivity index (χ0) is 20.3. The van der Waals surface area contributed by atoms with Crippen molar-refractivity contribution in [1.29, 1.82) is 0 Å². The average molecular weight is 463 g/mol. The van der Waals surface area contributed by atoms with Crippen molar-refractivity contribution in [1.82, 2.24) is 20.2 Å². The van der Waals surface area contributed by atoms with Crippen molar-refractivity contribution in [3.63, 3.8) is 0 Å². The van der Waals surface area contributed by atoms with Crippen LogP contribution in [0.4, 0.5) is 11.4 Å². The molecule has 0 aliphatic carbocycles. The van der Waals surface area contributed by atoms with E-state index in [1.165, 1.54) is 30.0 Å². The maximum Gasteiger partial charge on any atom is 0.270 e. The fraction of sp³-hybridized carbons (Fsp3) is 0.176. The minimum absolute atomic E-state index is 0.0629. The van der Waals surface area contributed by atoms with Gasteiger partial charge in [0.05, 0.1) is 22.1 Å². The van der Waals surface area contributed by atoms with Crippen LogP contribution in [0.1, 0.15) is 11.1 Å². The van der Waals surface area contributed by atoms with Gasteiger partial charge in [-0.3, -0.25) is 14.9 Å². The second kappa shape index (κ2) is 8.48. The van der Waals surface area contributed by atoms with E-state index in [2.05, 4.69) is 36.8 Å². The Labute approximate surface area is 172 Å². The number of thioether (sulfide) groups is 1. The molecule has 3 rings (SSSR count). The van der Waals surface area contributed by atoms with Gasteiger partial charge < -0.3 is 5.32 Å². The van der Waals surface area contributed by atoms with Gasteiger partial charge in [0.1, 0.15) is 0 Å². The Morgan fingerprint density at radius 3 is 2.64 bits per heavy atom. The molecular weight excluding hydrogens is 448 g/mol. The molecule has 0 aliphatic rings. The smallest absolute Gasteiger partial charge is 0.270 e. The first-order valence-electron chi connectivity index (χ1n) is 8.08. The average Bonchev–Trinajstić information content (AvgIpc) is 3.09. The number of aryl methyl sites for hydroxylation is 2. The van der Waals surface area contributed by atoms with Gasteiger partial charge in [0.2, 0.25) is 11.1 Å². The number of rotatable bonds is 6. The molecule has 1 N–H and O–H groups in total. The summed E-state index contributed by atoms with van der Waals surface area (Å²) < 4.78 is 2.05. The van der Waals surface area contributed by atoms with E-state index < -0.39 is 4.92 Å². The number of benzene rings is 2. The van der Waals surface area contributed by atoms with Crippen molar-refractivity contribution in [2.45, 2.75) is 19.0 Å². The summed E-state index contributed by atoms with van der Waals surface area (Å²) in [6.45, 7) is 3.94. The summed E-state index contributed by atoms with van der Waals surface area (Å²) >= 11 is 4.43. The van der Waals surface area contributed by atoms with Crippen molar-refractivity contribution in [2.75, 3.05) is 11.1 Å². The molecule has 1 amide bonds. The van der Waals surface area contributed by atoms with E-state index in [1.807, 2.05) is 32.0 Å². The van der Waals surface area contributed by atoms with Crippen LogP contribution < -0.4 is 5.32 Å². The van der Waals surface area contributed by atoms with Crippen LogP contribution in [-0.4, -0.2) is 36.8 Å². The molecule has 144 valence electrons. The van der Waals surface area contributed by atoms with Crippen LogP contribution in [0.25, 0.3) is 5.69 Å². The van der Waals surface area contributed by atoms with E-state index in [0.717, 1.165) is 16.8 Å². The highest BCUT2D eigenvalue weighted by Gasteiger charge is 2.16. The molecule has 0 unspecified atom stereocenters. The maximum atomic E-state index is 12.3. The molecule has 0 saturated heterocycles. The number of hydrogen-bond donors (Lipinski definition) is 1. The molecular formula is C17H15BrN6O3S. The number of nitro benzene ring substituents is 1. The molecule has 9 nitrogen and oxygen atoms in total. The Balaban J connectivity index is 1.70. The number of anilines is 1. The van der Waals surface area contributed by atoms with Crippen molar-refractivity contribution >= 4 is 45.0 Å². The molecule has 0 bridgehead atoms. The van der Waals surface area contributed by atoms with E-state index in [9.17, 15) is 14.9 Å². The highest BCUT2D eigenvalue weighted by molar-refractivity contribution is 9.10. The number of carbonyl (C=O) groups excluding carboxylic acids is 1. The third-order valence-electron chi connectivity index (χ3n) is 3.86. The lowest BCUT2D eigenvalue weighted by molar-refractivity contribution is -0.384. The van der Waals surface area contributed by atoms with Gasteiger partial charge in [-0.15, -0.1) is 5.10 Å². The van der Waals surface area contributed by atoms with Gasteiger partial charge in [-0.05, 0) is 57.4 Å². The highest BCUT2D eigenvalue weighted by Crippen LogP contribution is 2.28. The number of nitrogens with one attached hydrogen (secondary N) is 1. The quantitative estimate of drug-likeness (QED) is 0.337. The summed E-state index contributed by atoms with van der Waals surface area (Å²) in [7, 11) is 0. The lowest BCUT2D eigenvalue weighted by atomic mass is 10.1. The van der Waals surface area contributed by atoms with Crippen molar-refractivity contribution < 1.29 is 9.72 Å². The van der Waals surface area contributed by atoms with E-state index in [-0.39, 0.29) is 17.3 Å². The molecule has 3 aromatic rings. The fourth-order valence-corrected chi connectivity index (χ4v) is 3.73. The number of aromatic nitrogens is 4. The number of nitrogens with zero attached hydrogens (tertiary/aromatic N) is 5. The topological polar surface area (TPSA) is 116 Å². The third kappa shape index (κ3) is 4.37. The lowest BCUT2D eigenvalue weighted by Gasteiger charge is -2.11. The van der Waals surface area contributed by atoms with Gasteiger partial charge in [-0.1, -0.05) is 30.0 Å². The van der Waals surface area contributed by atoms with Crippen molar-refractivity contribution in [2.24, 2.45) is 0 Å². The van der Waals surface area contributed by atoms with Gasteiger partial charge >= 0.3 is 0 Å². The van der Waals surface area contributed by atoms with Crippen LogP contribution in [0.3, 0.4) is 0 Å². The summed E-state index contributed by atoms with van der Waals surface area (Å²) in [5.41, 5.74) is 3.31. The molecule has 0 aliphatic heterocycles. The largest absolute Gasteiger partial charge is 0.324 e. The monoisotopic (exact) mass is 462 g/mol. The zero-order valence-electron chi connectivity index (χ0n) is 14.9. The van der Waals surface area contributed by atoms with E-state index in [1.54, 1.807) is 4.68 Å². The van der Waals surface area contributed by atoms with Gasteiger partial charge in [-0.25, -0.2) is 0 Å². The predicted octanol–water partition coefficient (Wildman–Crippen LogP) is 3.68. The number of non-ortho nitro benzene ring substituents is 1. The first-order valence-corrected chi connectivity index (χ1v) is 9.86. The van der Waals surface area contributed by atoms with Crippen LogP contribution in [0.5, 0.6) is 0 Å². The second-order valence-electron chi connectivity index (χ2n) is 5.87. The molecule has 28 heavy (non-hydrogen) atoms. The number of nitro groups is 1. The SMILES string of the molecule is Cc1cccc(C)c1-n1nnnc1SCC(=O)Nc1ccc([N+](=O)[O-])cc1Br. The predicted molar refractivity (Wildman–Crippen MR) is 109 cm³/mol. The summed E-state index contributed by atoms with van der Waals surface area (Å²) in [5.74, 6) is -0.204. The third-order valence-corrected chi connectivity index (χ3v) is 5.44. The van der Waals surface area contributed by atoms with Gasteiger partial charge in [-0.2, -0.15) is 4.68 Å². The number of amides is 1. The Bertz CT molecular complexity index is 1030. The van der Waals surface area contributed by atoms with E-state index >= 15 is 0 Å². The fourth-order valence-electron chi connectivity index (χ4n) is 2.58. The molecule has 11 heteroatoms. The standard InChI is InChI=1S/C17H15BrN6O3S/c1-10-4-3-5-11(2)16(10)23-17(20-21-22-23)28-9-15(25)19-14-7-6-12(24(26)27)8-13(14)18/h3-8H,9H2,1-2H3,(H,19,25). The highest BCUT2D eigenvalue weighted by atomic mass is 79.9. The summed E-state index contributed by atoms with van der Waals surface area (Å²) in [6, 6.07) is 10.0. The van der Waals surface area contributed by atoms with Gasteiger partial charge in [0.15, 0.2) is 0 Å². The van der Waals surface area contributed by atoms with Crippen molar-refractivity contribution in [3.05, 3.63) is 62.1 Å². The number of hydrogen-bond acceptors (Lipinski definition) is 7. The van der Waals surface area contributed by atoms with E-state index in [0.29, 0.717) is 15.3 Å². The molecule has 2 aromatic carbocycles. The van der Waals surface area contributed by atoms with Crippen molar-refractivity contribution in [3.8, 4) is 5.69 Å². The molecule has 0 saturated carbocycles. The molecule has 0 fully saturated rings. The molecule has 0 radical (unpaired) electrons. The van der Waals surface area contributed by atoms with Gasteiger partial charge in [0.25, 0.3) is 5.69 Å². The second-order valence-corrected chi connectivity index (χ2v) is 7.67. The number of halogens is 1. The molecule has 0 spiro atoms. The molecule has 1 aromatic heterocycles. The summed E-state index contributed by atoms with van der Waals surface area (Å²) in [4.78, 5) is 22.6. The minimum Gasteiger partial charge on any atom is -0.324 e. The Morgan fingerprint density at radius 2 is 2.00 bits per heavy atom. The molecule has 0 atom stereocenters. The van der Waals surface area contributed by atoms with Crippen LogP contribution >= 0.6 is 27.7 Å². The van der Waals surface area contributed by atoms with Gasteiger partial charge in [0, 0.05) is 16.6 Å². The summed E-state index contributed by atoms with van der Waals surface area (Å²) in [5, 5.41) is 25.8. The minimum atomic E-state index is -0.500. The van der Waals surface area contributed by atoms with E-state index in [4.69, 9.17) is 0 Å². The Kier molecular flexibility index (Phi) is 6.05. The first kappa shape index (κ1) is 20.0. The Morgan fingerprint density at radius 1 is 1.29 bits per heavy atom. The lowest BCUT2D eigenvalue weighted by Crippen LogP contribution is -2.15. The first-order chi connectivity index (χ1) is 13.4. The van der Waals surface area contributed by atoms with Crippen LogP contribution in [0.2, 0.25) is 0 Å².